The topological polar surface area (TPSA) is 54.7 Å². The zero-order valence-corrected chi connectivity index (χ0v) is 6.60. The van der Waals surface area contributed by atoms with Crippen LogP contribution in [-0.2, 0) is 0 Å². The highest BCUT2D eigenvalue weighted by Crippen LogP contribution is 2.20. The molecule has 0 atom stereocenters. The highest BCUT2D eigenvalue weighted by Gasteiger charge is 2.08. The average Bonchev–Trinajstić information content (AvgIpc) is 2.14. The van der Waals surface area contributed by atoms with Crippen molar-refractivity contribution in [3.63, 3.8) is 0 Å². The number of nitrogen functional groups attached to an aromatic ring is 1. The molecular formula is C7H13N3. The van der Waals surface area contributed by atoms with E-state index in [4.69, 9.17) is 5.73 Å². The van der Waals surface area contributed by atoms with Crippen LogP contribution in [0.5, 0.6) is 0 Å². The van der Waals surface area contributed by atoms with E-state index in [2.05, 4.69) is 24.0 Å². The van der Waals surface area contributed by atoms with Crippen LogP contribution < -0.4 is 5.73 Å². The molecule has 0 aliphatic carbocycles. The number of aromatic nitrogens is 2. The van der Waals surface area contributed by atoms with Gasteiger partial charge in [-0.25, -0.2) is 0 Å². The van der Waals surface area contributed by atoms with Gasteiger partial charge in [0.05, 0.1) is 17.1 Å². The van der Waals surface area contributed by atoms with E-state index in [1.165, 1.54) is 0 Å². The lowest BCUT2D eigenvalue weighted by Gasteiger charge is -1.99. The Morgan fingerprint density at radius 2 is 2.10 bits per heavy atom. The molecule has 0 saturated carbocycles. The van der Waals surface area contributed by atoms with E-state index in [0.29, 0.717) is 5.92 Å². The predicted molar refractivity (Wildman–Crippen MR) is 41.8 cm³/mol. The molecule has 1 aromatic rings. The van der Waals surface area contributed by atoms with Gasteiger partial charge in [-0.3, -0.25) is 5.10 Å². The third-order valence-corrected chi connectivity index (χ3v) is 1.57. The van der Waals surface area contributed by atoms with E-state index in [1.807, 2.05) is 6.92 Å². The molecule has 0 amide bonds. The number of nitrogens with two attached hydrogens (primary N) is 1. The van der Waals surface area contributed by atoms with Gasteiger partial charge in [-0.15, -0.1) is 0 Å². The first kappa shape index (κ1) is 7.12. The van der Waals surface area contributed by atoms with Crippen molar-refractivity contribution in [3.8, 4) is 0 Å². The van der Waals surface area contributed by atoms with Crippen molar-refractivity contribution in [3.05, 3.63) is 11.4 Å². The number of rotatable bonds is 1. The monoisotopic (exact) mass is 139 g/mol. The lowest BCUT2D eigenvalue weighted by Crippen LogP contribution is -1.94. The Bertz CT molecular complexity index is 225. The fourth-order valence-electron chi connectivity index (χ4n) is 0.897. The van der Waals surface area contributed by atoms with E-state index >= 15 is 0 Å². The molecule has 3 heteroatoms. The highest BCUT2D eigenvalue weighted by molar-refractivity contribution is 5.48. The molecule has 0 saturated heterocycles. The summed E-state index contributed by atoms with van der Waals surface area (Å²) < 4.78 is 0. The molecule has 0 radical (unpaired) electrons. The second-order valence-electron chi connectivity index (χ2n) is 2.80. The van der Waals surface area contributed by atoms with Crippen molar-refractivity contribution < 1.29 is 0 Å². The third kappa shape index (κ3) is 0.988. The number of nitrogens with one attached hydrogen (secondary N) is 1. The molecule has 0 aromatic carbocycles. The van der Waals surface area contributed by atoms with Crippen LogP contribution in [0.4, 0.5) is 5.69 Å². The van der Waals surface area contributed by atoms with Gasteiger partial charge in [0.1, 0.15) is 0 Å². The second kappa shape index (κ2) is 2.33. The largest absolute Gasteiger partial charge is 0.396 e. The second-order valence-corrected chi connectivity index (χ2v) is 2.80. The minimum atomic E-state index is 0.407. The van der Waals surface area contributed by atoms with Gasteiger partial charge in [0, 0.05) is 0 Å². The molecular weight excluding hydrogens is 126 g/mol. The van der Waals surface area contributed by atoms with Gasteiger partial charge >= 0.3 is 0 Å². The Balaban J connectivity index is 3.05. The molecule has 3 nitrogen and oxygen atoms in total. The van der Waals surface area contributed by atoms with Crippen molar-refractivity contribution in [2.45, 2.75) is 26.7 Å². The molecule has 0 fully saturated rings. The van der Waals surface area contributed by atoms with Crippen molar-refractivity contribution in [2.75, 3.05) is 5.73 Å². The predicted octanol–water partition coefficient (Wildman–Crippen LogP) is 1.42. The van der Waals surface area contributed by atoms with Gasteiger partial charge in [-0.05, 0) is 12.8 Å². The number of anilines is 1. The fraction of sp³-hybridized carbons (Fsp3) is 0.571. The zero-order valence-electron chi connectivity index (χ0n) is 6.60. The number of H-pyrrole nitrogens is 1. The van der Waals surface area contributed by atoms with Crippen LogP contribution in [-0.4, -0.2) is 10.2 Å². The maximum Gasteiger partial charge on any atom is 0.0879 e. The molecule has 0 aliphatic heterocycles. The van der Waals surface area contributed by atoms with Crippen LogP contribution >= 0.6 is 0 Å². The first-order chi connectivity index (χ1) is 4.63. The van der Waals surface area contributed by atoms with Crippen LogP contribution in [0, 0.1) is 6.92 Å². The molecule has 1 heterocycles. The standard InChI is InChI=1S/C7H13N3/c1-4(2)7-6(8)5(3)9-10-7/h4H,8H2,1-3H3,(H,9,10). The quantitative estimate of drug-likeness (QED) is 0.618. The Morgan fingerprint density at radius 1 is 1.50 bits per heavy atom. The molecule has 0 bridgehead atoms. The molecule has 3 N–H and O–H groups in total. The number of hydrogen-bond donors (Lipinski definition) is 2. The van der Waals surface area contributed by atoms with Gasteiger partial charge in [0.15, 0.2) is 0 Å². The van der Waals surface area contributed by atoms with Crippen LogP contribution in [0.2, 0.25) is 0 Å². The van der Waals surface area contributed by atoms with Crippen LogP contribution in [0.1, 0.15) is 31.2 Å². The molecule has 56 valence electrons. The average molecular weight is 139 g/mol. The van der Waals surface area contributed by atoms with E-state index in [-0.39, 0.29) is 0 Å². The van der Waals surface area contributed by atoms with Crippen molar-refractivity contribution >= 4 is 5.69 Å². The summed E-state index contributed by atoms with van der Waals surface area (Å²) in [6, 6.07) is 0. The maximum atomic E-state index is 5.71. The number of hydrogen-bond acceptors (Lipinski definition) is 2. The lowest BCUT2D eigenvalue weighted by molar-refractivity contribution is 0.811. The third-order valence-electron chi connectivity index (χ3n) is 1.57. The Kier molecular flexibility index (Phi) is 1.66. The van der Waals surface area contributed by atoms with Gasteiger partial charge in [0.2, 0.25) is 0 Å². The molecule has 0 unspecified atom stereocenters. The smallest absolute Gasteiger partial charge is 0.0879 e. The molecule has 0 aliphatic rings. The van der Waals surface area contributed by atoms with E-state index in [1.54, 1.807) is 0 Å². The first-order valence-corrected chi connectivity index (χ1v) is 3.43. The van der Waals surface area contributed by atoms with E-state index in [0.717, 1.165) is 17.1 Å². The summed E-state index contributed by atoms with van der Waals surface area (Å²) in [4.78, 5) is 0. The van der Waals surface area contributed by atoms with Crippen molar-refractivity contribution in [1.29, 1.82) is 0 Å². The summed E-state index contributed by atoms with van der Waals surface area (Å²) in [7, 11) is 0. The number of aromatic amines is 1. The summed E-state index contributed by atoms with van der Waals surface area (Å²) in [5.41, 5.74) is 8.44. The highest BCUT2D eigenvalue weighted by atomic mass is 15.1. The summed E-state index contributed by atoms with van der Waals surface area (Å²) >= 11 is 0. The van der Waals surface area contributed by atoms with Crippen molar-refractivity contribution in [1.82, 2.24) is 10.2 Å². The fourth-order valence-corrected chi connectivity index (χ4v) is 0.897. The van der Waals surface area contributed by atoms with E-state index in [9.17, 15) is 0 Å². The van der Waals surface area contributed by atoms with Gasteiger partial charge in [0.25, 0.3) is 0 Å². The molecule has 10 heavy (non-hydrogen) atoms. The number of nitrogens with zero attached hydrogens (tertiary/aromatic N) is 1. The van der Waals surface area contributed by atoms with Gasteiger partial charge in [-0.1, -0.05) is 13.8 Å². The SMILES string of the molecule is Cc1[nH]nc(C(C)C)c1N. The summed E-state index contributed by atoms with van der Waals surface area (Å²) in [6.45, 7) is 6.08. The van der Waals surface area contributed by atoms with Gasteiger partial charge in [-0.2, -0.15) is 5.10 Å². The first-order valence-electron chi connectivity index (χ1n) is 3.43. The molecule has 1 aromatic heterocycles. The maximum absolute atomic E-state index is 5.71. The van der Waals surface area contributed by atoms with Crippen LogP contribution in [0.15, 0.2) is 0 Å². The summed E-state index contributed by atoms with van der Waals surface area (Å²) in [5.74, 6) is 0.407. The minimum Gasteiger partial charge on any atom is -0.396 e. The minimum absolute atomic E-state index is 0.407. The van der Waals surface area contributed by atoms with Crippen LogP contribution in [0.3, 0.4) is 0 Å². The normalized spacial score (nSPS) is 10.8. The van der Waals surface area contributed by atoms with Gasteiger partial charge < -0.3 is 5.73 Å². The summed E-state index contributed by atoms with van der Waals surface area (Å²) in [5, 5.41) is 6.91. The van der Waals surface area contributed by atoms with Crippen LogP contribution in [0.25, 0.3) is 0 Å². The summed E-state index contributed by atoms with van der Waals surface area (Å²) in [6.07, 6.45) is 0. The number of aryl methyl sites for hydroxylation is 1. The van der Waals surface area contributed by atoms with Crippen molar-refractivity contribution in [2.24, 2.45) is 0 Å². The lowest BCUT2D eigenvalue weighted by atomic mass is 10.1. The Morgan fingerprint density at radius 3 is 2.30 bits per heavy atom. The Labute approximate surface area is 60.6 Å². The molecule has 0 spiro atoms. The zero-order chi connectivity index (χ0) is 7.72. The Hall–Kier alpha value is -0.990. The molecule has 1 rings (SSSR count). The van der Waals surface area contributed by atoms with E-state index < -0.39 is 0 Å².